The third-order valence-electron chi connectivity index (χ3n) is 4.21. The largest absolute Gasteiger partial charge is 0.372 e. The van der Waals surface area contributed by atoms with Crippen LogP contribution >= 0.6 is 0 Å². The first-order valence-electron chi connectivity index (χ1n) is 8.18. The molecule has 0 radical (unpaired) electrons. The summed E-state index contributed by atoms with van der Waals surface area (Å²) < 4.78 is 6.24. The number of nitrogens with one attached hydrogen (secondary N) is 1. The molecule has 0 amide bonds. The molecular weight excluding hydrogens is 246 g/mol. The summed E-state index contributed by atoms with van der Waals surface area (Å²) in [6, 6.07) is 8.78. The molecule has 1 aliphatic carbocycles. The lowest BCUT2D eigenvalue weighted by atomic mass is 10.1. The maximum absolute atomic E-state index is 6.24. The summed E-state index contributed by atoms with van der Waals surface area (Å²) in [5, 5.41) is 3.50. The number of aryl methyl sites for hydroxylation is 1. The van der Waals surface area contributed by atoms with Gasteiger partial charge in [-0.2, -0.15) is 0 Å². The van der Waals surface area contributed by atoms with Gasteiger partial charge in [-0.25, -0.2) is 0 Å². The normalized spacial score (nSPS) is 17.5. The number of benzene rings is 1. The molecule has 0 heterocycles. The van der Waals surface area contributed by atoms with Gasteiger partial charge in [0.1, 0.15) is 0 Å². The Morgan fingerprint density at radius 2 is 1.90 bits per heavy atom. The Morgan fingerprint density at radius 3 is 2.55 bits per heavy atom. The summed E-state index contributed by atoms with van der Waals surface area (Å²) in [6.45, 7) is 7.24. The third-order valence-corrected chi connectivity index (χ3v) is 4.21. The molecular formula is C18H29NO. The van der Waals surface area contributed by atoms with Crippen LogP contribution in [0.5, 0.6) is 0 Å². The minimum atomic E-state index is 0.197. The highest BCUT2D eigenvalue weighted by molar-refractivity contribution is 5.23. The van der Waals surface area contributed by atoms with E-state index in [4.69, 9.17) is 4.74 Å². The van der Waals surface area contributed by atoms with Gasteiger partial charge in [-0.05, 0) is 44.2 Å². The van der Waals surface area contributed by atoms with Crippen molar-refractivity contribution in [2.75, 3.05) is 19.7 Å². The van der Waals surface area contributed by atoms with Crippen LogP contribution < -0.4 is 5.32 Å². The SMILES string of the molecule is CCCNCC(OCC1CCCC1)c1ccc(C)cc1. The second-order valence-electron chi connectivity index (χ2n) is 6.09. The molecule has 1 fully saturated rings. The minimum Gasteiger partial charge on any atom is -0.372 e. The summed E-state index contributed by atoms with van der Waals surface area (Å²) in [5.74, 6) is 0.786. The van der Waals surface area contributed by atoms with Crippen LogP contribution in [0.2, 0.25) is 0 Å². The van der Waals surface area contributed by atoms with Gasteiger partial charge in [0, 0.05) is 6.54 Å². The predicted octanol–water partition coefficient (Wildman–Crippen LogP) is 4.24. The Balaban J connectivity index is 1.90. The summed E-state index contributed by atoms with van der Waals surface area (Å²) >= 11 is 0. The Kier molecular flexibility index (Phi) is 6.55. The van der Waals surface area contributed by atoms with Gasteiger partial charge in [-0.3, -0.25) is 0 Å². The van der Waals surface area contributed by atoms with E-state index in [0.29, 0.717) is 0 Å². The molecule has 1 atom stereocenters. The smallest absolute Gasteiger partial charge is 0.0949 e. The summed E-state index contributed by atoms with van der Waals surface area (Å²) in [4.78, 5) is 0. The van der Waals surface area contributed by atoms with Crippen molar-refractivity contribution in [3.8, 4) is 0 Å². The third kappa shape index (κ3) is 4.92. The van der Waals surface area contributed by atoms with Crippen LogP contribution in [-0.4, -0.2) is 19.7 Å². The average molecular weight is 275 g/mol. The molecule has 1 unspecified atom stereocenters. The first-order valence-corrected chi connectivity index (χ1v) is 8.18. The number of ether oxygens (including phenoxy) is 1. The van der Waals surface area contributed by atoms with Gasteiger partial charge >= 0.3 is 0 Å². The Bertz CT molecular complexity index is 368. The van der Waals surface area contributed by atoms with Crippen LogP contribution in [0.4, 0.5) is 0 Å². The number of rotatable bonds is 8. The molecule has 20 heavy (non-hydrogen) atoms. The van der Waals surface area contributed by atoms with Gasteiger partial charge in [-0.1, -0.05) is 49.6 Å². The van der Waals surface area contributed by atoms with E-state index < -0.39 is 0 Å². The van der Waals surface area contributed by atoms with Gasteiger partial charge in [-0.15, -0.1) is 0 Å². The standard InChI is InChI=1S/C18H29NO/c1-3-12-19-13-18(17-10-8-15(2)9-11-17)20-14-16-6-4-5-7-16/h8-11,16,18-19H,3-7,12-14H2,1-2H3. The molecule has 0 saturated heterocycles. The highest BCUT2D eigenvalue weighted by Crippen LogP contribution is 2.27. The molecule has 2 nitrogen and oxygen atoms in total. The Hall–Kier alpha value is -0.860. The van der Waals surface area contributed by atoms with Crippen LogP contribution in [0, 0.1) is 12.8 Å². The van der Waals surface area contributed by atoms with Crippen molar-refractivity contribution < 1.29 is 4.74 Å². The molecule has 0 bridgehead atoms. The number of hydrogen-bond acceptors (Lipinski definition) is 2. The van der Waals surface area contributed by atoms with Crippen molar-refractivity contribution >= 4 is 0 Å². The molecule has 0 aliphatic heterocycles. The molecule has 0 spiro atoms. The molecule has 1 aliphatic rings. The molecule has 112 valence electrons. The van der Waals surface area contributed by atoms with Gasteiger partial charge in [0.2, 0.25) is 0 Å². The van der Waals surface area contributed by atoms with Crippen LogP contribution in [-0.2, 0) is 4.74 Å². The van der Waals surface area contributed by atoms with E-state index in [1.807, 2.05) is 0 Å². The van der Waals surface area contributed by atoms with Crippen LogP contribution in [0.3, 0.4) is 0 Å². The lowest BCUT2D eigenvalue weighted by molar-refractivity contribution is 0.0296. The Morgan fingerprint density at radius 1 is 1.20 bits per heavy atom. The van der Waals surface area contributed by atoms with E-state index in [1.165, 1.54) is 43.2 Å². The lowest BCUT2D eigenvalue weighted by Gasteiger charge is -2.21. The maximum Gasteiger partial charge on any atom is 0.0949 e. The van der Waals surface area contributed by atoms with E-state index in [1.54, 1.807) is 0 Å². The first-order chi connectivity index (χ1) is 9.79. The zero-order valence-corrected chi connectivity index (χ0v) is 13.0. The van der Waals surface area contributed by atoms with Gasteiger partial charge in [0.05, 0.1) is 12.7 Å². The highest BCUT2D eigenvalue weighted by atomic mass is 16.5. The highest BCUT2D eigenvalue weighted by Gasteiger charge is 2.18. The predicted molar refractivity (Wildman–Crippen MR) is 85.0 cm³/mol. The molecule has 1 N–H and O–H groups in total. The van der Waals surface area contributed by atoms with Crippen molar-refractivity contribution in [1.82, 2.24) is 5.32 Å². The lowest BCUT2D eigenvalue weighted by Crippen LogP contribution is -2.25. The monoisotopic (exact) mass is 275 g/mol. The quantitative estimate of drug-likeness (QED) is 0.716. The van der Waals surface area contributed by atoms with Gasteiger partial charge in [0.25, 0.3) is 0 Å². The molecule has 1 saturated carbocycles. The van der Waals surface area contributed by atoms with E-state index in [0.717, 1.165) is 25.6 Å². The summed E-state index contributed by atoms with van der Waals surface area (Å²) in [7, 11) is 0. The fraction of sp³-hybridized carbons (Fsp3) is 0.667. The van der Waals surface area contributed by atoms with Crippen LogP contribution in [0.25, 0.3) is 0 Å². The van der Waals surface area contributed by atoms with Crippen molar-refractivity contribution in [2.24, 2.45) is 5.92 Å². The molecule has 1 aromatic carbocycles. The molecule has 1 aromatic rings. The fourth-order valence-corrected chi connectivity index (χ4v) is 2.89. The van der Waals surface area contributed by atoms with Gasteiger partial charge < -0.3 is 10.1 Å². The Labute approximate surface area is 123 Å². The molecule has 0 aromatic heterocycles. The number of hydrogen-bond donors (Lipinski definition) is 1. The first kappa shape index (κ1) is 15.5. The van der Waals surface area contributed by atoms with E-state index in [-0.39, 0.29) is 6.10 Å². The van der Waals surface area contributed by atoms with Crippen molar-refractivity contribution in [1.29, 1.82) is 0 Å². The van der Waals surface area contributed by atoms with E-state index in [2.05, 4.69) is 43.4 Å². The second kappa shape index (κ2) is 8.43. The fourth-order valence-electron chi connectivity index (χ4n) is 2.89. The van der Waals surface area contributed by atoms with Crippen molar-refractivity contribution in [3.63, 3.8) is 0 Å². The molecule has 2 heteroatoms. The maximum atomic E-state index is 6.24. The summed E-state index contributed by atoms with van der Waals surface area (Å²) in [6.07, 6.45) is 6.84. The van der Waals surface area contributed by atoms with Gasteiger partial charge in [0.15, 0.2) is 0 Å². The second-order valence-corrected chi connectivity index (χ2v) is 6.09. The van der Waals surface area contributed by atoms with E-state index in [9.17, 15) is 0 Å². The van der Waals surface area contributed by atoms with Crippen LogP contribution in [0.15, 0.2) is 24.3 Å². The van der Waals surface area contributed by atoms with Crippen LogP contribution in [0.1, 0.15) is 56.3 Å². The van der Waals surface area contributed by atoms with Crippen molar-refractivity contribution in [3.05, 3.63) is 35.4 Å². The topological polar surface area (TPSA) is 21.3 Å². The van der Waals surface area contributed by atoms with Crippen molar-refractivity contribution in [2.45, 2.75) is 52.1 Å². The zero-order valence-electron chi connectivity index (χ0n) is 13.0. The molecule has 2 rings (SSSR count). The average Bonchev–Trinajstić information content (AvgIpc) is 2.97. The zero-order chi connectivity index (χ0) is 14.2. The van der Waals surface area contributed by atoms with E-state index >= 15 is 0 Å². The minimum absolute atomic E-state index is 0.197. The summed E-state index contributed by atoms with van der Waals surface area (Å²) in [5.41, 5.74) is 2.61.